The molecule has 1 unspecified atom stereocenters. The van der Waals surface area contributed by atoms with Gasteiger partial charge in [0.05, 0.1) is 11.4 Å². The zero-order valence-electron chi connectivity index (χ0n) is 34.4. The summed E-state index contributed by atoms with van der Waals surface area (Å²) in [5.74, 6) is 0.542. The fraction of sp³-hybridized carbons (Fsp3) is 0.105. The van der Waals surface area contributed by atoms with Crippen LogP contribution in [0.1, 0.15) is 56.4 Å². The third-order valence-electron chi connectivity index (χ3n) is 12.1. The van der Waals surface area contributed by atoms with Crippen molar-refractivity contribution in [2.75, 3.05) is 0 Å². The van der Waals surface area contributed by atoms with E-state index in [1.54, 1.807) is 0 Å². The number of rotatable bonds is 8. The maximum Gasteiger partial charge on any atom is 0.136 e. The largest absolute Gasteiger partial charge is 0.456 e. The Morgan fingerprint density at radius 2 is 1.18 bits per heavy atom. The van der Waals surface area contributed by atoms with E-state index in [1.165, 1.54) is 22.3 Å². The number of allylic oxidation sites excluding steroid dienone is 7. The van der Waals surface area contributed by atoms with Crippen molar-refractivity contribution in [3.05, 3.63) is 210 Å². The van der Waals surface area contributed by atoms with Crippen LogP contribution in [0.25, 0.3) is 83.0 Å². The lowest BCUT2D eigenvalue weighted by molar-refractivity contribution is 0.668. The van der Waals surface area contributed by atoms with Gasteiger partial charge in [-0.3, -0.25) is 0 Å². The van der Waals surface area contributed by atoms with E-state index in [9.17, 15) is 0 Å². The summed E-state index contributed by atoms with van der Waals surface area (Å²) < 4.78 is 12.8. The highest BCUT2D eigenvalue weighted by molar-refractivity contribution is 6.19. The van der Waals surface area contributed by atoms with Crippen molar-refractivity contribution in [3.63, 3.8) is 0 Å². The van der Waals surface area contributed by atoms with E-state index < -0.39 is 0 Å². The predicted molar refractivity (Wildman–Crippen MR) is 254 cm³/mol. The summed E-state index contributed by atoms with van der Waals surface area (Å²) in [6.45, 7) is 8.75. The summed E-state index contributed by atoms with van der Waals surface area (Å²) in [6.07, 6.45) is 9.88. The van der Waals surface area contributed by atoms with Gasteiger partial charge in [0.15, 0.2) is 0 Å². The van der Waals surface area contributed by atoms with Crippen LogP contribution in [0, 0.1) is 5.92 Å². The summed E-state index contributed by atoms with van der Waals surface area (Å²) in [5.41, 5.74) is 18.0. The quantitative estimate of drug-likeness (QED) is 0.144. The lowest BCUT2D eigenvalue weighted by Crippen LogP contribution is -2.06. The molecule has 1 atom stereocenters. The van der Waals surface area contributed by atoms with Crippen LogP contribution in [-0.4, -0.2) is 5.71 Å². The first-order chi connectivity index (χ1) is 29.4. The molecule has 0 aliphatic heterocycles. The van der Waals surface area contributed by atoms with Crippen LogP contribution in [0.15, 0.2) is 201 Å². The number of hydrogen-bond donors (Lipinski definition) is 0. The number of benzene rings is 7. The molecule has 0 N–H and O–H groups in total. The minimum Gasteiger partial charge on any atom is -0.456 e. The van der Waals surface area contributed by atoms with Crippen molar-refractivity contribution in [3.8, 4) is 22.3 Å². The molecule has 9 aromatic rings. The van der Waals surface area contributed by atoms with Gasteiger partial charge in [0.25, 0.3) is 0 Å². The molecule has 2 heterocycles. The molecule has 2 aromatic heterocycles. The molecule has 3 nitrogen and oxygen atoms in total. The Bertz CT molecular complexity index is 3270. The van der Waals surface area contributed by atoms with E-state index in [2.05, 4.69) is 192 Å². The lowest BCUT2D eigenvalue weighted by Gasteiger charge is -2.16. The Morgan fingerprint density at radius 1 is 0.533 bits per heavy atom. The topological polar surface area (TPSA) is 38.6 Å². The molecule has 0 bridgehead atoms. The van der Waals surface area contributed by atoms with E-state index in [-0.39, 0.29) is 0 Å². The van der Waals surface area contributed by atoms with Gasteiger partial charge >= 0.3 is 0 Å². The van der Waals surface area contributed by atoms with Gasteiger partial charge in [-0.05, 0) is 144 Å². The van der Waals surface area contributed by atoms with Gasteiger partial charge in [-0.25, -0.2) is 4.99 Å². The number of aliphatic imine (C=N–C) groups is 1. The Hall–Kier alpha value is -7.23. The van der Waals surface area contributed by atoms with Crippen molar-refractivity contribution in [1.29, 1.82) is 0 Å². The molecule has 7 aromatic carbocycles. The first-order valence-corrected chi connectivity index (χ1v) is 20.9. The van der Waals surface area contributed by atoms with Gasteiger partial charge in [-0.2, -0.15) is 0 Å². The normalized spacial score (nSPS) is 15.3. The van der Waals surface area contributed by atoms with E-state index in [0.717, 1.165) is 101 Å². The molecular formula is C57H45NO2. The van der Waals surface area contributed by atoms with Crippen LogP contribution in [0.3, 0.4) is 0 Å². The fourth-order valence-corrected chi connectivity index (χ4v) is 8.68. The Kier molecular flexibility index (Phi) is 9.58. The second kappa shape index (κ2) is 15.5. The summed E-state index contributed by atoms with van der Waals surface area (Å²) in [6, 6.07) is 55.9. The fourth-order valence-electron chi connectivity index (χ4n) is 8.68. The molecule has 0 radical (unpaired) electrons. The first-order valence-electron chi connectivity index (χ1n) is 20.9. The Labute approximate surface area is 351 Å². The zero-order valence-corrected chi connectivity index (χ0v) is 34.4. The summed E-state index contributed by atoms with van der Waals surface area (Å²) in [4.78, 5) is 5.55. The highest BCUT2D eigenvalue weighted by atomic mass is 16.3. The number of para-hydroxylation sites is 1. The number of furan rings is 2. The van der Waals surface area contributed by atoms with Crippen molar-refractivity contribution in [1.82, 2.24) is 0 Å². The molecule has 60 heavy (non-hydrogen) atoms. The third-order valence-corrected chi connectivity index (χ3v) is 12.1. The van der Waals surface area contributed by atoms with Gasteiger partial charge in [-0.1, -0.05) is 128 Å². The SMILES string of the molecule is C\C=C(/N=C(\C(C)=C(/C)c1cccc(-c2cccc(C3=CC=CC(C)C3)c2)c1)c1ccc2c(c1)oc1cc(-c3ccccc3)ccc12)c1ccc2oc3ccccc3c2c1. The molecule has 0 saturated heterocycles. The van der Waals surface area contributed by atoms with Crippen molar-refractivity contribution in [2.45, 2.75) is 34.1 Å². The highest BCUT2D eigenvalue weighted by Crippen LogP contribution is 2.37. The van der Waals surface area contributed by atoms with Gasteiger partial charge < -0.3 is 8.83 Å². The van der Waals surface area contributed by atoms with Crippen LogP contribution in [-0.2, 0) is 0 Å². The smallest absolute Gasteiger partial charge is 0.136 e. The molecule has 0 fully saturated rings. The summed E-state index contributed by atoms with van der Waals surface area (Å²) in [5, 5.41) is 4.35. The molecule has 1 aliphatic carbocycles. The van der Waals surface area contributed by atoms with Gasteiger partial charge in [-0.15, -0.1) is 0 Å². The number of hydrogen-bond acceptors (Lipinski definition) is 3. The van der Waals surface area contributed by atoms with Crippen molar-refractivity contribution >= 4 is 66.4 Å². The van der Waals surface area contributed by atoms with Crippen LogP contribution in [0.2, 0.25) is 0 Å². The van der Waals surface area contributed by atoms with Gasteiger partial charge in [0.1, 0.15) is 22.3 Å². The van der Waals surface area contributed by atoms with Crippen LogP contribution < -0.4 is 0 Å². The second-order valence-electron chi connectivity index (χ2n) is 16.0. The average molecular weight is 776 g/mol. The second-order valence-corrected chi connectivity index (χ2v) is 16.0. The molecule has 290 valence electrons. The highest BCUT2D eigenvalue weighted by Gasteiger charge is 2.18. The van der Waals surface area contributed by atoms with E-state index in [4.69, 9.17) is 13.8 Å². The Morgan fingerprint density at radius 3 is 2.02 bits per heavy atom. The predicted octanol–water partition coefficient (Wildman–Crippen LogP) is 16.1. The summed E-state index contributed by atoms with van der Waals surface area (Å²) >= 11 is 0. The maximum atomic E-state index is 6.65. The van der Waals surface area contributed by atoms with E-state index >= 15 is 0 Å². The lowest BCUT2D eigenvalue weighted by atomic mass is 9.89. The Balaban J connectivity index is 1.09. The molecular weight excluding hydrogens is 731 g/mol. The molecule has 3 heteroatoms. The van der Waals surface area contributed by atoms with E-state index in [0.29, 0.717) is 5.92 Å². The molecule has 1 aliphatic rings. The van der Waals surface area contributed by atoms with E-state index in [1.807, 2.05) is 18.2 Å². The van der Waals surface area contributed by atoms with Crippen molar-refractivity contribution < 1.29 is 8.83 Å². The van der Waals surface area contributed by atoms with Crippen LogP contribution >= 0.6 is 0 Å². The monoisotopic (exact) mass is 775 g/mol. The third kappa shape index (κ3) is 6.92. The molecule has 10 rings (SSSR count). The van der Waals surface area contributed by atoms with Crippen LogP contribution in [0.4, 0.5) is 0 Å². The minimum atomic E-state index is 0.542. The molecule has 0 amide bonds. The summed E-state index contributed by atoms with van der Waals surface area (Å²) in [7, 11) is 0. The van der Waals surface area contributed by atoms with Crippen molar-refractivity contribution in [2.24, 2.45) is 10.9 Å². The zero-order chi connectivity index (χ0) is 40.7. The average Bonchev–Trinajstić information content (AvgIpc) is 3.86. The molecule has 0 spiro atoms. The van der Waals surface area contributed by atoms with Crippen LogP contribution in [0.5, 0.6) is 0 Å². The first kappa shape index (κ1) is 37.1. The maximum absolute atomic E-state index is 6.65. The minimum absolute atomic E-state index is 0.542. The standard InChI is InChI=1S/C57H45NO2/c1-5-52(46-26-29-54-51(33-46)48-22-9-10-23-53(48)59-54)58-57(47-25-28-50-49-27-24-45(39-15-7-6-8-16-39)34-55(49)60-56(50)35-47)38(4)37(3)40-17-12-19-42(31-40)44-21-13-20-43(32-44)41-18-11-14-36(2)30-41/h5-29,31-36H,30H2,1-4H3/b38-37+,52-5-,58-57+. The molecule has 0 saturated carbocycles. The number of nitrogens with zero attached hydrogens (tertiary/aromatic N) is 1. The van der Waals surface area contributed by atoms with Gasteiger partial charge in [0.2, 0.25) is 0 Å². The number of fused-ring (bicyclic) bond motifs is 6. The van der Waals surface area contributed by atoms with Gasteiger partial charge in [0, 0.05) is 32.7 Å².